The molecule has 3 rings (SSSR count). The third-order valence-electron chi connectivity index (χ3n) is 3.79. The van der Waals surface area contributed by atoms with Crippen LogP contribution in [0.2, 0.25) is 10.0 Å². The highest BCUT2D eigenvalue weighted by Crippen LogP contribution is 2.52. The van der Waals surface area contributed by atoms with Gasteiger partial charge in [0, 0.05) is 24.0 Å². The van der Waals surface area contributed by atoms with E-state index in [-0.39, 0.29) is 5.78 Å². The second-order valence-corrected chi connectivity index (χ2v) is 5.73. The molecule has 1 aromatic carbocycles. The van der Waals surface area contributed by atoms with Crippen molar-refractivity contribution in [1.29, 1.82) is 0 Å². The Labute approximate surface area is 122 Å². The van der Waals surface area contributed by atoms with Crippen LogP contribution in [0.1, 0.15) is 43.2 Å². The first kappa shape index (κ1) is 13.0. The number of carbonyl (C=O) groups is 1. The van der Waals surface area contributed by atoms with Gasteiger partial charge in [0.25, 0.3) is 0 Å². The van der Waals surface area contributed by atoms with Crippen molar-refractivity contribution in [3.63, 3.8) is 0 Å². The van der Waals surface area contributed by atoms with E-state index in [0.717, 1.165) is 29.5 Å². The number of carbonyl (C=O) groups excluding carboxylic acids is 1. The summed E-state index contributed by atoms with van der Waals surface area (Å²) in [6.45, 7) is 2.16. The van der Waals surface area contributed by atoms with Crippen LogP contribution in [0.15, 0.2) is 23.8 Å². The lowest BCUT2D eigenvalue weighted by molar-refractivity contribution is -0.113. The average Bonchev–Trinajstić information content (AvgIpc) is 2.69. The largest absolute Gasteiger partial charge is 0.294 e. The Kier molecular flexibility index (Phi) is 3.28. The van der Waals surface area contributed by atoms with E-state index >= 15 is 0 Å². The summed E-state index contributed by atoms with van der Waals surface area (Å²) in [5.74, 6) is 0.451. The van der Waals surface area contributed by atoms with Crippen molar-refractivity contribution in [2.75, 3.05) is 0 Å². The number of halogens is 2. The monoisotopic (exact) mass is 291 g/mol. The summed E-state index contributed by atoms with van der Waals surface area (Å²) in [7, 11) is 0. The molecule has 2 aliphatic rings. The van der Waals surface area contributed by atoms with Gasteiger partial charge in [0.15, 0.2) is 5.78 Å². The molecular weight excluding hydrogens is 279 g/mol. The normalized spacial score (nSPS) is 20.8. The zero-order chi connectivity index (χ0) is 13.6. The molecule has 1 radical (unpaired) electrons. The predicted octanol–water partition coefficient (Wildman–Crippen LogP) is 4.97. The van der Waals surface area contributed by atoms with Gasteiger partial charge in [0.05, 0.1) is 10.0 Å². The molecule has 1 nitrogen and oxygen atoms in total. The lowest BCUT2D eigenvalue weighted by Crippen LogP contribution is -2.02. The number of fused-ring (bicyclic) bond motifs is 3. The van der Waals surface area contributed by atoms with Gasteiger partial charge in [-0.15, -0.1) is 0 Å². The summed E-state index contributed by atoms with van der Waals surface area (Å²) in [6, 6.07) is 4.93. The van der Waals surface area contributed by atoms with Crippen LogP contribution in [0.4, 0.5) is 0 Å². The highest BCUT2D eigenvalue weighted by molar-refractivity contribution is 6.43. The second-order valence-electron chi connectivity index (χ2n) is 4.98. The van der Waals surface area contributed by atoms with Crippen molar-refractivity contribution in [1.82, 2.24) is 0 Å². The van der Waals surface area contributed by atoms with Gasteiger partial charge in [-0.25, -0.2) is 0 Å². The number of ketones is 1. The highest BCUT2D eigenvalue weighted by Gasteiger charge is 2.35. The van der Waals surface area contributed by atoms with Gasteiger partial charge in [-0.3, -0.25) is 4.79 Å². The second kappa shape index (κ2) is 4.81. The van der Waals surface area contributed by atoms with Crippen molar-refractivity contribution < 1.29 is 4.79 Å². The third kappa shape index (κ3) is 1.96. The number of benzene rings is 1. The van der Waals surface area contributed by atoms with Crippen molar-refractivity contribution >= 4 is 34.6 Å². The summed E-state index contributed by atoms with van der Waals surface area (Å²) in [5.41, 5.74) is 4.28. The smallest absolute Gasteiger partial charge is 0.160 e. The molecule has 0 saturated heterocycles. The van der Waals surface area contributed by atoms with Gasteiger partial charge in [0.2, 0.25) is 0 Å². The zero-order valence-electron chi connectivity index (χ0n) is 10.6. The topological polar surface area (TPSA) is 17.1 Å². The maximum absolute atomic E-state index is 11.7. The van der Waals surface area contributed by atoms with Gasteiger partial charge >= 0.3 is 0 Å². The lowest BCUT2D eigenvalue weighted by Gasteiger charge is -2.14. The third-order valence-corrected chi connectivity index (χ3v) is 4.57. The number of hydrogen-bond acceptors (Lipinski definition) is 1. The van der Waals surface area contributed by atoms with E-state index in [1.54, 1.807) is 6.08 Å². The van der Waals surface area contributed by atoms with Crippen LogP contribution in [-0.4, -0.2) is 5.78 Å². The van der Waals surface area contributed by atoms with Gasteiger partial charge in [-0.1, -0.05) is 42.6 Å². The summed E-state index contributed by atoms with van der Waals surface area (Å²) in [5, 5.41) is 0.945. The standard InChI is InChI=1S/C16H13Cl2O/c1-2-3-10-11-5-4-9(19)8-13(11)15-12(10)6-7-14(17)16(15)18/h5-6,8,10H,2-4H2,1H3/t10-/m1/s1. The van der Waals surface area contributed by atoms with Gasteiger partial charge in [-0.05, 0) is 35.3 Å². The molecule has 19 heavy (non-hydrogen) atoms. The molecule has 0 heterocycles. The number of rotatable bonds is 2. The van der Waals surface area contributed by atoms with Gasteiger partial charge in [0.1, 0.15) is 0 Å². The Morgan fingerprint density at radius 3 is 2.95 bits per heavy atom. The molecule has 0 aromatic heterocycles. The first-order valence-corrected chi connectivity index (χ1v) is 7.24. The Morgan fingerprint density at radius 1 is 1.42 bits per heavy atom. The highest BCUT2D eigenvalue weighted by atomic mass is 35.5. The summed E-state index contributed by atoms with van der Waals surface area (Å²) >= 11 is 12.4. The fraction of sp³-hybridized carbons (Fsp3) is 0.312. The van der Waals surface area contributed by atoms with Crippen LogP contribution in [-0.2, 0) is 4.79 Å². The molecule has 2 aliphatic carbocycles. The molecule has 3 heteroatoms. The molecule has 0 bridgehead atoms. The van der Waals surface area contributed by atoms with Crippen molar-refractivity contribution in [2.24, 2.45) is 0 Å². The van der Waals surface area contributed by atoms with E-state index in [1.165, 1.54) is 5.57 Å². The van der Waals surface area contributed by atoms with Crippen LogP contribution in [0.25, 0.3) is 5.57 Å². The zero-order valence-corrected chi connectivity index (χ0v) is 12.1. The minimum absolute atomic E-state index is 0.127. The van der Waals surface area contributed by atoms with Crippen molar-refractivity contribution in [3.05, 3.63) is 51.0 Å². The summed E-state index contributed by atoms with van der Waals surface area (Å²) in [6.07, 6.45) is 6.38. The first-order chi connectivity index (χ1) is 9.13. The van der Waals surface area contributed by atoms with E-state index < -0.39 is 0 Å². The minimum atomic E-state index is 0.127. The van der Waals surface area contributed by atoms with Crippen LogP contribution in [0.5, 0.6) is 0 Å². The molecular formula is C16H13Cl2O. The lowest BCUT2D eigenvalue weighted by atomic mass is 9.89. The van der Waals surface area contributed by atoms with Crippen LogP contribution in [0, 0.1) is 6.07 Å². The Morgan fingerprint density at radius 2 is 2.21 bits per heavy atom. The van der Waals surface area contributed by atoms with E-state index in [0.29, 0.717) is 22.4 Å². The fourth-order valence-electron chi connectivity index (χ4n) is 3.00. The summed E-state index contributed by atoms with van der Waals surface area (Å²) in [4.78, 5) is 11.7. The number of allylic oxidation sites excluding steroid dienone is 4. The van der Waals surface area contributed by atoms with E-state index in [4.69, 9.17) is 23.2 Å². The molecule has 97 valence electrons. The molecule has 0 unspecified atom stereocenters. The van der Waals surface area contributed by atoms with E-state index in [1.807, 2.05) is 12.1 Å². The fourth-order valence-corrected chi connectivity index (χ4v) is 3.41. The number of hydrogen-bond donors (Lipinski definition) is 0. The van der Waals surface area contributed by atoms with Crippen LogP contribution in [0.3, 0.4) is 0 Å². The van der Waals surface area contributed by atoms with Crippen LogP contribution >= 0.6 is 23.2 Å². The molecule has 0 N–H and O–H groups in total. The summed E-state index contributed by atoms with van der Waals surface area (Å²) < 4.78 is 0. The minimum Gasteiger partial charge on any atom is -0.294 e. The Hall–Kier alpha value is -1.05. The first-order valence-electron chi connectivity index (χ1n) is 6.48. The van der Waals surface area contributed by atoms with Crippen molar-refractivity contribution in [3.8, 4) is 0 Å². The predicted molar refractivity (Wildman–Crippen MR) is 78.6 cm³/mol. The molecule has 0 amide bonds. The molecule has 0 spiro atoms. The molecule has 0 aliphatic heterocycles. The van der Waals surface area contributed by atoms with Gasteiger partial charge in [-0.2, -0.15) is 0 Å². The quantitative estimate of drug-likeness (QED) is 0.751. The Bertz CT molecular complexity index is 626. The average molecular weight is 292 g/mol. The SMILES string of the molecule is CCC[C@@H]1C2=CCC(=O)C=C2c2c1c[c]c(Cl)c2Cl. The van der Waals surface area contributed by atoms with Gasteiger partial charge < -0.3 is 0 Å². The maximum atomic E-state index is 11.7. The molecule has 1 atom stereocenters. The molecule has 0 fully saturated rings. The van der Waals surface area contributed by atoms with Crippen molar-refractivity contribution in [2.45, 2.75) is 32.1 Å². The van der Waals surface area contributed by atoms with E-state index in [2.05, 4.69) is 13.0 Å². The van der Waals surface area contributed by atoms with E-state index in [9.17, 15) is 4.79 Å². The molecule has 1 aromatic rings. The maximum Gasteiger partial charge on any atom is 0.160 e. The molecule has 0 saturated carbocycles. The van der Waals surface area contributed by atoms with Crippen LogP contribution < -0.4 is 0 Å². The Balaban J connectivity index is 2.25.